The number of hydrogen-bond donors (Lipinski definition) is 2. The van der Waals surface area contributed by atoms with Gasteiger partial charge in [-0.25, -0.2) is 0 Å². The van der Waals surface area contributed by atoms with E-state index in [1.807, 2.05) is 29.5 Å². The molecular formula is C19H27N3OS. The van der Waals surface area contributed by atoms with E-state index in [1.165, 1.54) is 4.88 Å². The third kappa shape index (κ3) is 5.98. The van der Waals surface area contributed by atoms with Crippen molar-refractivity contribution < 1.29 is 4.74 Å². The van der Waals surface area contributed by atoms with Crippen molar-refractivity contribution in [1.82, 2.24) is 10.6 Å². The van der Waals surface area contributed by atoms with Gasteiger partial charge in [-0.05, 0) is 29.3 Å². The smallest absolute Gasteiger partial charge is 0.191 e. The summed E-state index contributed by atoms with van der Waals surface area (Å²) in [6, 6.07) is 14.5. The van der Waals surface area contributed by atoms with E-state index in [9.17, 15) is 0 Å². The summed E-state index contributed by atoms with van der Waals surface area (Å²) in [6.45, 7) is 3.82. The fourth-order valence-corrected chi connectivity index (χ4v) is 3.40. The molecule has 130 valence electrons. The Labute approximate surface area is 149 Å². The molecule has 1 aromatic carbocycles. The number of aliphatic imine (C=N–C) groups is 1. The maximum absolute atomic E-state index is 5.58. The highest BCUT2D eigenvalue weighted by atomic mass is 32.1. The van der Waals surface area contributed by atoms with Gasteiger partial charge < -0.3 is 15.4 Å². The van der Waals surface area contributed by atoms with E-state index < -0.39 is 0 Å². The molecular weight excluding hydrogens is 318 g/mol. The van der Waals surface area contributed by atoms with E-state index in [0.717, 1.165) is 24.5 Å². The fraction of sp³-hybridized carbons (Fsp3) is 0.421. The molecule has 2 atom stereocenters. The van der Waals surface area contributed by atoms with E-state index in [2.05, 4.69) is 52.2 Å². The second kappa shape index (κ2) is 10.1. The van der Waals surface area contributed by atoms with Crippen molar-refractivity contribution in [2.75, 3.05) is 27.2 Å². The first kappa shape index (κ1) is 18.5. The molecule has 4 nitrogen and oxygen atoms in total. The first-order chi connectivity index (χ1) is 11.7. The van der Waals surface area contributed by atoms with Gasteiger partial charge in [-0.3, -0.25) is 4.99 Å². The molecule has 2 unspecified atom stereocenters. The van der Waals surface area contributed by atoms with Crippen molar-refractivity contribution >= 4 is 17.3 Å². The van der Waals surface area contributed by atoms with Crippen LogP contribution in [0.15, 0.2) is 52.8 Å². The number of thiophene rings is 1. The Morgan fingerprint density at radius 3 is 2.50 bits per heavy atom. The fourth-order valence-electron chi connectivity index (χ4n) is 2.53. The quantitative estimate of drug-likeness (QED) is 0.569. The van der Waals surface area contributed by atoms with Crippen molar-refractivity contribution in [2.45, 2.75) is 19.4 Å². The summed E-state index contributed by atoms with van der Waals surface area (Å²) in [7, 11) is 3.53. The average Bonchev–Trinajstić information content (AvgIpc) is 3.12. The first-order valence-corrected chi connectivity index (χ1v) is 9.15. The number of nitrogens with one attached hydrogen (secondary N) is 2. The number of nitrogens with zero attached hydrogens (tertiary/aromatic N) is 1. The van der Waals surface area contributed by atoms with Crippen molar-refractivity contribution in [1.29, 1.82) is 0 Å². The number of rotatable bonds is 8. The number of hydrogen-bond acceptors (Lipinski definition) is 3. The SMILES string of the molecule is CN=C(NCC(C)Cc1cccs1)NCC(OC)c1ccccc1. The lowest BCUT2D eigenvalue weighted by atomic mass is 10.1. The molecule has 0 aliphatic rings. The second-order valence-electron chi connectivity index (χ2n) is 5.86. The van der Waals surface area contributed by atoms with Crippen LogP contribution < -0.4 is 10.6 Å². The van der Waals surface area contributed by atoms with Gasteiger partial charge in [0.25, 0.3) is 0 Å². The van der Waals surface area contributed by atoms with Gasteiger partial charge in [-0.2, -0.15) is 0 Å². The van der Waals surface area contributed by atoms with Gasteiger partial charge in [0.15, 0.2) is 5.96 Å². The highest BCUT2D eigenvalue weighted by Crippen LogP contribution is 2.15. The standard InChI is InChI=1S/C19H27N3OS/c1-15(12-17-10-7-11-24-17)13-21-19(20-2)22-14-18(23-3)16-8-5-4-6-9-16/h4-11,15,18H,12-14H2,1-3H3,(H2,20,21,22). The van der Waals surface area contributed by atoms with Crippen molar-refractivity contribution in [3.63, 3.8) is 0 Å². The molecule has 1 heterocycles. The molecule has 0 amide bonds. The van der Waals surface area contributed by atoms with Gasteiger partial charge in [0.1, 0.15) is 0 Å². The Hall–Kier alpha value is -1.85. The van der Waals surface area contributed by atoms with Gasteiger partial charge >= 0.3 is 0 Å². The molecule has 24 heavy (non-hydrogen) atoms. The normalized spacial score (nSPS) is 14.2. The molecule has 0 saturated carbocycles. The Kier molecular flexibility index (Phi) is 7.79. The van der Waals surface area contributed by atoms with E-state index in [4.69, 9.17) is 4.74 Å². The molecule has 0 aliphatic heterocycles. The summed E-state index contributed by atoms with van der Waals surface area (Å²) in [6.07, 6.45) is 1.10. The molecule has 5 heteroatoms. The Bertz CT molecular complexity index is 598. The van der Waals surface area contributed by atoms with Gasteiger partial charge in [0.2, 0.25) is 0 Å². The van der Waals surface area contributed by atoms with E-state index in [-0.39, 0.29) is 6.10 Å². The van der Waals surface area contributed by atoms with Crippen LogP contribution in [0.4, 0.5) is 0 Å². The number of benzene rings is 1. The van der Waals surface area contributed by atoms with E-state index >= 15 is 0 Å². The average molecular weight is 346 g/mol. The Morgan fingerprint density at radius 2 is 1.88 bits per heavy atom. The Balaban J connectivity index is 1.77. The minimum atomic E-state index is 0.00768. The van der Waals surface area contributed by atoms with Crippen molar-refractivity contribution in [3.05, 3.63) is 58.3 Å². The third-order valence-corrected chi connectivity index (χ3v) is 4.78. The van der Waals surface area contributed by atoms with Crippen LogP contribution in [-0.4, -0.2) is 33.2 Å². The van der Waals surface area contributed by atoms with Crippen LogP contribution in [0.2, 0.25) is 0 Å². The summed E-state index contributed by atoms with van der Waals surface area (Å²) in [5.41, 5.74) is 1.16. The molecule has 2 N–H and O–H groups in total. The molecule has 0 spiro atoms. The van der Waals surface area contributed by atoms with Gasteiger partial charge in [-0.15, -0.1) is 11.3 Å². The predicted octanol–water partition coefficient (Wildman–Crippen LogP) is 3.48. The molecule has 0 aliphatic carbocycles. The maximum Gasteiger partial charge on any atom is 0.191 e. The molecule has 1 aromatic heterocycles. The van der Waals surface area contributed by atoms with Crippen LogP contribution in [0, 0.1) is 5.92 Å². The number of guanidine groups is 1. The van der Waals surface area contributed by atoms with Crippen molar-refractivity contribution in [3.8, 4) is 0 Å². The summed E-state index contributed by atoms with van der Waals surface area (Å²) in [5, 5.41) is 8.88. The molecule has 0 fully saturated rings. The highest BCUT2D eigenvalue weighted by Gasteiger charge is 2.11. The van der Waals surface area contributed by atoms with E-state index in [1.54, 1.807) is 14.2 Å². The largest absolute Gasteiger partial charge is 0.375 e. The lowest BCUT2D eigenvalue weighted by Gasteiger charge is -2.20. The summed E-state index contributed by atoms with van der Waals surface area (Å²) in [5.74, 6) is 1.36. The van der Waals surface area contributed by atoms with Crippen LogP contribution in [0.25, 0.3) is 0 Å². The van der Waals surface area contributed by atoms with Crippen LogP contribution in [-0.2, 0) is 11.2 Å². The van der Waals surface area contributed by atoms with Gasteiger partial charge in [0.05, 0.1) is 6.10 Å². The second-order valence-corrected chi connectivity index (χ2v) is 6.89. The highest BCUT2D eigenvalue weighted by molar-refractivity contribution is 7.09. The van der Waals surface area contributed by atoms with E-state index in [0.29, 0.717) is 12.5 Å². The van der Waals surface area contributed by atoms with Crippen LogP contribution in [0.3, 0.4) is 0 Å². The lowest BCUT2D eigenvalue weighted by Crippen LogP contribution is -2.41. The number of ether oxygens (including phenoxy) is 1. The zero-order chi connectivity index (χ0) is 17.2. The minimum Gasteiger partial charge on any atom is -0.375 e. The first-order valence-electron chi connectivity index (χ1n) is 8.27. The molecule has 0 radical (unpaired) electrons. The minimum absolute atomic E-state index is 0.00768. The zero-order valence-corrected chi connectivity index (χ0v) is 15.5. The van der Waals surface area contributed by atoms with Crippen molar-refractivity contribution in [2.24, 2.45) is 10.9 Å². The monoisotopic (exact) mass is 345 g/mol. The van der Waals surface area contributed by atoms with Crippen LogP contribution in [0.5, 0.6) is 0 Å². The third-order valence-electron chi connectivity index (χ3n) is 3.88. The number of methoxy groups -OCH3 is 1. The van der Waals surface area contributed by atoms with Crippen LogP contribution >= 0.6 is 11.3 Å². The summed E-state index contributed by atoms with van der Waals surface area (Å²) < 4.78 is 5.58. The summed E-state index contributed by atoms with van der Waals surface area (Å²) >= 11 is 1.82. The van der Waals surface area contributed by atoms with Gasteiger partial charge in [-0.1, -0.05) is 43.3 Å². The predicted molar refractivity (Wildman–Crippen MR) is 103 cm³/mol. The molecule has 0 bridgehead atoms. The maximum atomic E-state index is 5.58. The Morgan fingerprint density at radius 1 is 1.12 bits per heavy atom. The van der Waals surface area contributed by atoms with Crippen LogP contribution in [0.1, 0.15) is 23.5 Å². The molecule has 0 saturated heterocycles. The molecule has 2 aromatic rings. The summed E-state index contributed by atoms with van der Waals surface area (Å²) in [4.78, 5) is 5.73. The molecule has 2 rings (SSSR count). The zero-order valence-electron chi connectivity index (χ0n) is 14.7. The topological polar surface area (TPSA) is 45.7 Å². The lowest BCUT2D eigenvalue weighted by molar-refractivity contribution is 0.106. The van der Waals surface area contributed by atoms with Gasteiger partial charge in [0, 0.05) is 32.1 Å².